The van der Waals surface area contributed by atoms with Gasteiger partial charge in [0.05, 0.1) is 0 Å². The van der Waals surface area contributed by atoms with Crippen molar-refractivity contribution in [3.63, 3.8) is 0 Å². The molecule has 0 heterocycles. The standard InChI is InChI=1S/C17H16BrCl2N/c18-15-3-1-2-14-13(15)6-7-17(14)21-9-8-11-4-5-12(19)10-16(11)20/h1-5,10,17,21H,6-9H2. The molecule has 0 aliphatic heterocycles. The summed E-state index contributed by atoms with van der Waals surface area (Å²) in [7, 11) is 0. The Labute approximate surface area is 143 Å². The normalized spacial score (nSPS) is 17.0. The molecule has 1 atom stereocenters. The molecule has 0 saturated carbocycles. The van der Waals surface area contributed by atoms with Crippen LogP contribution < -0.4 is 5.32 Å². The van der Waals surface area contributed by atoms with Crippen molar-refractivity contribution in [2.45, 2.75) is 25.3 Å². The third-order valence-corrected chi connectivity index (χ3v) is 5.34. The zero-order valence-corrected chi connectivity index (χ0v) is 14.6. The lowest BCUT2D eigenvalue weighted by Crippen LogP contribution is -2.22. The Morgan fingerprint density at radius 1 is 1.19 bits per heavy atom. The zero-order valence-electron chi connectivity index (χ0n) is 11.5. The number of fused-ring (bicyclic) bond motifs is 1. The summed E-state index contributed by atoms with van der Waals surface area (Å²) in [6, 6.07) is 12.6. The van der Waals surface area contributed by atoms with E-state index in [0.717, 1.165) is 36.4 Å². The summed E-state index contributed by atoms with van der Waals surface area (Å²) in [5, 5.41) is 5.08. The van der Waals surface area contributed by atoms with Gasteiger partial charge >= 0.3 is 0 Å². The average molecular weight is 385 g/mol. The summed E-state index contributed by atoms with van der Waals surface area (Å²) in [5.41, 5.74) is 4.01. The van der Waals surface area contributed by atoms with Gasteiger partial charge < -0.3 is 5.32 Å². The summed E-state index contributed by atoms with van der Waals surface area (Å²) in [6.07, 6.45) is 3.21. The molecule has 110 valence electrons. The first-order valence-corrected chi connectivity index (χ1v) is 8.64. The molecular weight excluding hydrogens is 369 g/mol. The van der Waals surface area contributed by atoms with Gasteiger partial charge in [-0.25, -0.2) is 0 Å². The minimum atomic E-state index is 0.448. The van der Waals surface area contributed by atoms with Crippen molar-refractivity contribution >= 4 is 39.1 Å². The minimum Gasteiger partial charge on any atom is -0.310 e. The number of halogens is 3. The van der Waals surface area contributed by atoms with E-state index in [1.54, 1.807) is 6.07 Å². The highest BCUT2D eigenvalue weighted by Gasteiger charge is 2.23. The number of hydrogen-bond acceptors (Lipinski definition) is 1. The predicted octanol–water partition coefficient (Wildman–Crippen LogP) is 5.58. The molecule has 1 aliphatic carbocycles. The molecule has 1 aliphatic rings. The first kappa shape index (κ1) is 15.4. The van der Waals surface area contributed by atoms with Crippen LogP contribution >= 0.6 is 39.1 Å². The second-order valence-electron chi connectivity index (χ2n) is 5.34. The Hall–Kier alpha value is -0.540. The van der Waals surface area contributed by atoms with E-state index >= 15 is 0 Å². The molecule has 1 nitrogen and oxygen atoms in total. The lowest BCUT2D eigenvalue weighted by Gasteiger charge is -2.14. The molecule has 2 aromatic rings. The fourth-order valence-corrected chi connectivity index (χ4v) is 4.01. The van der Waals surface area contributed by atoms with Gasteiger partial charge in [-0.1, -0.05) is 57.3 Å². The van der Waals surface area contributed by atoms with Crippen molar-refractivity contribution in [2.24, 2.45) is 0 Å². The Bertz CT molecular complexity index is 657. The Morgan fingerprint density at radius 3 is 2.86 bits per heavy atom. The minimum absolute atomic E-state index is 0.448. The van der Waals surface area contributed by atoms with Gasteiger partial charge in [0.2, 0.25) is 0 Å². The fraction of sp³-hybridized carbons (Fsp3) is 0.294. The highest BCUT2D eigenvalue weighted by atomic mass is 79.9. The topological polar surface area (TPSA) is 12.0 Å². The molecule has 0 amide bonds. The second-order valence-corrected chi connectivity index (χ2v) is 7.04. The fourth-order valence-electron chi connectivity index (χ4n) is 2.93. The van der Waals surface area contributed by atoms with Crippen LogP contribution in [0.15, 0.2) is 40.9 Å². The summed E-state index contributed by atoms with van der Waals surface area (Å²) >= 11 is 15.8. The largest absolute Gasteiger partial charge is 0.310 e. The third kappa shape index (κ3) is 3.45. The number of hydrogen-bond donors (Lipinski definition) is 1. The molecule has 2 aromatic carbocycles. The molecule has 0 spiro atoms. The number of rotatable bonds is 4. The molecule has 0 radical (unpaired) electrons. The van der Waals surface area contributed by atoms with E-state index in [9.17, 15) is 0 Å². The van der Waals surface area contributed by atoms with Gasteiger partial charge in [0, 0.05) is 20.6 Å². The number of nitrogens with one attached hydrogen (secondary N) is 1. The van der Waals surface area contributed by atoms with Crippen molar-refractivity contribution in [3.8, 4) is 0 Å². The second kappa shape index (κ2) is 6.70. The molecule has 0 aromatic heterocycles. The highest BCUT2D eigenvalue weighted by molar-refractivity contribution is 9.10. The Kier molecular flexibility index (Phi) is 4.90. The van der Waals surface area contributed by atoms with Gasteiger partial charge in [0.1, 0.15) is 0 Å². The Balaban J connectivity index is 1.61. The monoisotopic (exact) mass is 383 g/mol. The van der Waals surface area contributed by atoms with Crippen LogP contribution in [-0.4, -0.2) is 6.54 Å². The molecular formula is C17H16BrCl2N. The van der Waals surface area contributed by atoms with Crippen LogP contribution in [0.3, 0.4) is 0 Å². The van der Waals surface area contributed by atoms with Crippen LogP contribution in [0.5, 0.6) is 0 Å². The zero-order chi connectivity index (χ0) is 14.8. The van der Waals surface area contributed by atoms with E-state index in [1.165, 1.54) is 15.6 Å². The SMILES string of the molecule is Clc1ccc(CCNC2CCc3c(Br)cccc32)c(Cl)c1. The summed E-state index contributed by atoms with van der Waals surface area (Å²) < 4.78 is 1.23. The van der Waals surface area contributed by atoms with Crippen LogP contribution in [0.25, 0.3) is 0 Å². The lowest BCUT2D eigenvalue weighted by molar-refractivity contribution is 0.534. The van der Waals surface area contributed by atoms with Crippen molar-refractivity contribution in [3.05, 3.63) is 67.6 Å². The van der Waals surface area contributed by atoms with Crippen molar-refractivity contribution < 1.29 is 0 Å². The maximum Gasteiger partial charge on any atom is 0.0453 e. The summed E-state index contributed by atoms with van der Waals surface area (Å²) in [5.74, 6) is 0. The van der Waals surface area contributed by atoms with Crippen LogP contribution in [0.2, 0.25) is 10.0 Å². The molecule has 1 N–H and O–H groups in total. The molecule has 1 unspecified atom stereocenters. The van der Waals surface area contributed by atoms with Crippen LogP contribution in [0.4, 0.5) is 0 Å². The van der Waals surface area contributed by atoms with Crippen LogP contribution in [-0.2, 0) is 12.8 Å². The van der Waals surface area contributed by atoms with Crippen LogP contribution in [0.1, 0.15) is 29.2 Å². The molecule has 21 heavy (non-hydrogen) atoms. The van der Waals surface area contributed by atoms with Gasteiger partial charge in [-0.05, 0) is 60.7 Å². The molecule has 0 saturated heterocycles. The van der Waals surface area contributed by atoms with Gasteiger partial charge in [-0.2, -0.15) is 0 Å². The van der Waals surface area contributed by atoms with E-state index in [-0.39, 0.29) is 0 Å². The van der Waals surface area contributed by atoms with Gasteiger partial charge in [0.15, 0.2) is 0 Å². The lowest BCUT2D eigenvalue weighted by atomic mass is 10.1. The smallest absolute Gasteiger partial charge is 0.0453 e. The summed E-state index contributed by atoms with van der Waals surface area (Å²) in [6.45, 7) is 0.915. The van der Waals surface area contributed by atoms with Gasteiger partial charge in [-0.3, -0.25) is 0 Å². The van der Waals surface area contributed by atoms with E-state index in [0.29, 0.717) is 11.1 Å². The maximum atomic E-state index is 6.21. The van der Waals surface area contributed by atoms with Crippen LogP contribution in [0, 0.1) is 0 Å². The van der Waals surface area contributed by atoms with E-state index < -0.39 is 0 Å². The average Bonchev–Trinajstić information content (AvgIpc) is 2.86. The third-order valence-electron chi connectivity index (χ3n) is 4.01. The number of benzene rings is 2. The predicted molar refractivity (Wildman–Crippen MR) is 93.4 cm³/mol. The molecule has 3 rings (SSSR count). The maximum absolute atomic E-state index is 6.21. The molecule has 0 bridgehead atoms. The van der Waals surface area contributed by atoms with E-state index in [4.69, 9.17) is 23.2 Å². The van der Waals surface area contributed by atoms with Crippen molar-refractivity contribution in [1.82, 2.24) is 5.32 Å². The first-order valence-electron chi connectivity index (χ1n) is 7.10. The quantitative estimate of drug-likeness (QED) is 0.725. The van der Waals surface area contributed by atoms with Gasteiger partial charge in [-0.15, -0.1) is 0 Å². The van der Waals surface area contributed by atoms with E-state index in [1.807, 2.05) is 12.1 Å². The van der Waals surface area contributed by atoms with Gasteiger partial charge in [0.25, 0.3) is 0 Å². The highest BCUT2D eigenvalue weighted by Crippen LogP contribution is 2.35. The van der Waals surface area contributed by atoms with Crippen molar-refractivity contribution in [2.75, 3.05) is 6.54 Å². The Morgan fingerprint density at radius 2 is 2.05 bits per heavy atom. The van der Waals surface area contributed by atoms with Crippen molar-refractivity contribution in [1.29, 1.82) is 0 Å². The first-order chi connectivity index (χ1) is 10.1. The van der Waals surface area contributed by atoms with E-state index in [2.05, 4.69) is 39.4 Å². The summed E-state index contributed by atoms with van der Waals surface area (Å²) in [4.78, 5) is 0. The molecule has 0 fully saturated rings. The molecule has 4 heteroatoms.